The maximum absolute atomic E-state index is 13.5. The van der Waals surface area contributed by atoms with E-state index in [2.05, 4.69) is 83.5 Å². The fraction of sp³-hybridized carbons (Fsp3) is 0.267. The number of aryl methyl sites for hydroxylation is 2. The van der Waals surface area contributed by atoms with E-state index in [4.69, 9.17) is 0 Å². The van der Waals surface area contributed by atoms with Gasteiger partial charge in [-0.25, -0.2) is 8.78 Å². The van der Waals surface area contributed by atoms with Crippen molar-refractivity contribution in [1.82, 2.24) is 19.9 Å². The fourth-order valence-corrected chi connectivity index (χ4v) is 5.49. The summed E-state index contributed by atoms with van der Waals surface area (Å²) in [5.41, 5.74) is 4.46. The van der Waals surface area contributed by atoms with E-state index in [1.54, 1.807) is 12.3 Å². The molecule has 0 aromatic carbocycles. The van der Waals surface area contributed by atoms with Gasteiger partial charge in [-0.1, -0.05) is 89.0 Å². The number of hydrogen-bond donors (Lipinski definition) is 0. The van der Waals surface area contributed by atoms with Crippen LogP contribution in [0.25, 0.3) is 22.5 Å². The molecule has 42 heavy (non-hydrogen) atoms. The Morgan fingerprint density at radius 3 is 1.43 bits per heavy atom. The smallest absolute Gasteiger partial charge is 0.128 e. The van der Waals surface area contributed by atoms with Crippen LogP contribution in [-0.2, 0) is 106 Å². The molecule has 0 saturated heterocycles. The Hall–Kier alpha value is 0.400. The molecule has 0 spiro atoms. The van der Waals surface area contributed by atoms with Crippen LogP contribution in [0.1, 0.15) is 11.4 Å². The van der Waals surface area contributed by atoms with Crippen LogP contribution < -0.4 is 10.4 Å². The van der Waals surface area contributed by atoms with Gasteiger partial charge in [-0.3, -0.25) is 4.98 Å². The predicted octanol–water partition coefficient (Wildman–Crippen LogP) is 6.76. The van der Waals surface area contributed by atoms with E-state index in [1.165, 1.54) is 10.4 Å². The van der Waals surface area contributed by atoms with Gasteiger partial charge in [-0.2, -0.15) is 0 Å². The van der Waals surface area contributed by atoms with Crippen LogP contribution >= 0.6 is 0 Å². The molecule has 12 heteroatoms. The minimum Gasteiger partial charge on any atom is -0.358 e. The third-order valence-corrected chi connectivity index (χ3v) is 9.71. The topological polar surface area (TPSA) is 51.6 Å². The first kappa shape index (κ1) is 49.3. The van der Waals surface area contributed by atoms with Gasteiger partial charge in [0.05, 0.1) is 16.1 Å². The number of halogens is 2. The molecule has 0 aliphatic carbocycles. The third kappa shape index (κ3) is 14.2. The van der Waals surface area contributed by atoms with E-state index in [9.17, 15) is 8.78 Å². The number of hydrogen-bond acceptors (Lipinski definition) is 4. The molecule has 0 bridgehead atoms. The van der Waals surface area contributed by atoms with E-state index in [1.807, 2.05) is 32.2 Å². The Morgan fingerprint density at radius 1 is 0.643 bits per heavy atom. The first-order valence-electron chi connectivity index (χ1n) is 11.8. The van der Waals surface area contributed by atoms with Crippen molar-refractivity contribution in [2.24, 2.45) is 0 Å². The maximum atomic E-state index is 13.5. The molecule has 4 nitrogen and oxygen atoms in total. The van der Waals surface area contributed by atoms with Gasteiger partial charge < -0.3 is 29.8 Å². The second-order valence-corrected chi connectivity index (χ2v) is 20.9. The first-order chi connectivity index (χ1) is 16.8. The summed E-state index contributed by atoms with van der Waals surface area (Å²) in [5, 5.41) is 2.56. The molecule has 4 aromatic rings. The van der Waals surface area contributed by atoms with Crippen LogP contribution in [0.3, 0.4) is 0 Å². The molecule has 0 N–H and O–H groups in total. The van der Waals surface area contributed by atoms with E-state index in [0.29, 0.717) is 5.69 Å². The largest absolute Gasteiger partial charge is 0.358 e. The van der Waals surface area contributed by atoms with Crippen molar-refractivity contribution in [3.8, 4) is 22.5 Å². The van der Waals surface area contributed by atoms with Crippen molar-refractivity contribution in [2.75, 3.05) is 0 Å². The number of rotatable bonds is 4. The Kier molecular flexibility index (Phi) is 24.9. The van der Waals surface area contributed by atoms with Crippen LogP contribution in [0.5, 0.6) is 0 Å². The monoisotopic (exact) mass is 1110 g/mol. The summed E-state index contributed by atoms with van der Waals surface area (Å²) >= 11 is 0. The van der Waals surface area contributed by atoms with Gasteiger partial charge in [0.25, 0.3) is 0 Å². The van der Waals surface area contributed by atoms with Gasteiger partial charge in [-0.05, 0) is 33.1 Å². The number of pyridine rings is 4. The molecular formula is C30H38F2Ir2N4Si2Y2-4. The minimum absolute atomic E-state index is 0. The van der Waals surface area contributed by atoms with Gasteiger partial charge in [0.1, 0.15) is 11.9 Å². The van der Waals surface area contributed by atoms with Crippen LogP contribution in [0.2, 0.25) is 39.3 Å². The van der Waals surface area contributed by atoms with Crippen LogP contribution in [0.15, 0.2) is 48.8 Å². The summed E-state index contributed by atoms with van der Waals surface area (Å²) in [6.07, 6.45) is 3.76. The standard InChI is InChI=1S/C15H19N2Si.C13H13F2N2Si.2CH3.2Ir.2Y/c1-11-6-8-14(12(2)17-11)15-9-7-13(10-16-15)18(3,4)5;1-18(2,3)9-4-6-11(16-8-9)10-5-7-12(14)17-13(10)15;;;;;;/h6-7,9-10H,1-5H3;4,6-8H,1-3H3;2*1H3;;;;/q4*-1;;;;. The van der Waals surface area contributed by atoms with E-state index < -0.39 is 28.0 Å². The third-order valence-electron chi connectivity index (χ3n) is 5.65. The van der Waals surface area contributed by atoms with Crippen molar-refractivity contribution in [3.05, 3.63) is 99.1 Å². The van der Waals surface area contributed by atoms with E-state index in [-0.39, 0.29) is 126 Å². The van der Waals surface area contributed by atoms with Crippen molar-refractivity contribution in [3.63, 3.8) is 0 Å². The molecule has 228 valence electrons. The molecule has 4 aromatic heterocycles. The molecule has 0 aliphatic rings. The van der Waals surface area contributed by atoms with Crippen LogP contribution in [0, 0.1) is 52.7 Å². The normalized spacial score (nSPS) is 9.95. The van der Waals surface area contributed by atoms with Crippen molar-refractivity contribution in [1.29, 1.82) is 0 Å². The van der Waals surface area contributed by atoms with Gasteiger partial charge >= 0.3 is 0 Å². The molecular weight excluding hydrogens is 1070 g/mol. The quantitative estimate of drug-likeness (QED) is 0.129. The first-order valence-corrected chi connectivity index (χ1v) is 18.8. The zero-order valence-corrected chi connectivity index (χ0v) is 38.5. The van der Waals surface area contributed by atoms with E-state index >= 15 is 0 Å². The second kappa shape index (κ2) is 21.2. The fourth-order valence-electron chi connectivity index (χ4n) is 3.42. The second-order valence-electron chi connectivity index (χ2n) is 10.8. The zero-order chi connectivity index (χ0) is 26.7. The Morgan fingerprint density at radius 2 is 1.07 bits per heavy atom. The summed E-state index contributed by atoms with van der Waals surface area (Å²) in [5.74, 6) is -1.77. The van der Waals surface area contributed by atoms with Crippen LogP contribution in [0.4, 0.5) is 8.78 Å². The maximum Gasteiger partial charge on any atom is 0.128 e. The van der Waals surface area contributed by atoms with Crippen molar-refractivity contribution in [2.45, 2.75) is 53.1 Å². The Labute approximate surface area is 331 Å². The molecule has 4 rings (SSSR count). The Balaban J connectivity index is -0.000000301. The molecule has 0 fully saturated rings. The van der Waals surface area contributed by atoms with Gasteiger partial charge in [-0.15, -0.1) is 23.8 Å². The summed E-state index contributed by atoms with van der Waals surface area (Å²) in [4.78, 5) is 16.4. The average molecular weight is 1110 g/mol. The molecule has 4 radical (unpaired) electrons. The van der Waals surface area contributed by atoms with E-state index in [0.717, 1.165) is 28.7 Å². The minimum atomic E-state index is -1.42. The molecule has 0 atom stereocenters. The number of nitrogens with zero attached hydrogens (tertiary/aromatic N) is 4. The SMILES string of the molecule is C[Si](C)(C)c1ccc(-c2[c-]cc(F)nc2F)nc1.Cc1c[c-]c(-c2ccc([Si](C)(C)C)cn2)c(C)n1.[CH3-].[CH3-].[Ir].[Ir].[Y].[Y]. The van der Waals surface area contributed by atoms with Gasteiger partial charge in [0.2, 0.25) is 0 Å². The Bertz CT molecular complexity index is 1250. The summed E-state index contributed by atoms with van der Waals surface area (Å²) in [6.45, 7) is 17.6. The summed E-state index contributed by atoms with van der Waals surface area (Å²) in [7, 11) is -2.69. The molecule has 0 unspecified atom stereocenters. The molecule has 0 saturated carbocycles. The van der Waals surface area contributed by atoms with Gasteiger partial charge in [0.15, 0.2) is 0 Å². The predicted molar refractivity (Wildman–Crippen MR) is 161 cm³/mol. The number of aromatic nitrogens is 4. The average Bonchev–Trinajstić information content (AvgIpc) is 2.79. The molecule has 0 amide bonds. The summed E-state index contributed by atoms with van der Waals surface area (Å²) in [6, 6.07) is 16.6. The van der Waals surface area contributed by atoms with Crippen molar-refractivity contribution >= 4 is 26.5 Å². The molecule has 4 heterocycles. The van der Waals surface area contributed by atoms with Crippen LogP contribution in [-0.4, -0.2) is 36.1 Å². The van der Waals surface area contributed by atoms with Crippen molar-refractivity contribution < 1.29 is 114 Å². The molecule has 0 aliphatic heterocycles. The van der Waals surface area contributed by atoms with Gasteiger partial charge in [0, 0.05) is 118 Å². The summed E-state index contributed by atoms with van der Waals surface area (Å²) < 4.78 is 26.1. The zero-order valence-electron chi connectivity index (χ0n) is 26.0.